The minimum Gasteiger partial charge on any atom is -0.481 e. The van der Waals surface area contributed by atoms with E-state index >= 15 is 0 Å². The van der Waals surface area contributed by atoms with Crippen molar-refractivity contribution in [1.29, 1.82) is 0 Å². The van der Waals surface area contributed by atoms with Crippen LogP contribution in [0.4, 0.5) is 0 Å². The van der Waals surface area contributed by atoms with Crippen LogP contribution in [0.2, 0.25) is 0 Å². The van der Waals surface area contributed by atoms with Gasteiger partial charge in [-0.2, -0.15) is 0 Å². The van der Waals surface area contributed by atoms with E-state index in [1.165, 1.54) is 0 Å². The molecule has 6 nitrogen and oxygen atoms in total. The molecule has 5 aliphatic rings. The summed E-state index contributed by atoms with van der Waals surface area (Å²) in [5.41, 5.74) is -2.66. The third-order valence-electron chi connectivity index (χ3n) is 13.6. The quantitative estimate of drug-likeness (QED) is 0.383. The lowest BCUT2D eigenvalue weighted by atomic mass is 9.33. The molecule has 0 radical (unpaired) electrons. The van der Waals surface area contributed by atoms with Gasteiger partial charge < -0.3 is 20.4 Å². The molecule has 0 bridgehead atoms. The fourth-order valence-corrected chi connectivity index (χ4v) is 10.8. The third-order valence-corrected chi connectivity index (χ3v) is 13.6. The van der Waals surface area contributed by atoms with Gasteiger partial charge in [0.05, 0.1) is 22.5 Å². The van der Waals surface area contributed by atoms with Crippen LogP contribution in [0.3, 0.4) is 0 Å². The maximum atomic E-state index is 12.8. The maximum absolute atomic E-state index is 12.8. The fraction of sp³-hybridized carbons (Fsp3) is 0.867. The first-order valence-electron chi connectivity index (χ1n) is 14.1. The number of carboxylic acid groups (broad SMARTS) is 2. The van der Waals surface area contributed by atoms with Gasteiger partial charge in [0.1, 0.15) is 0 Å². The minimum absolute atomic E-state index is 0.0214. The molecule has 4 fully saturated rings. The SMILES string of the molecule is C[C@@H]1CC[C@]2(C(=O)O)CC[C@]3(C)C(=CC[C@H]4[C@@]5(C)CC[C@H](O)[C@](C)(C(=O)O)[C@H]5CC[C@]43C)[C@@H]2[C@]1(C)O. The van der Waals surface area contributed by atoms with Gasteiger partial charge in [-0.25, -0.2) is 0 Å². The number of allylic oxidation sites excluding steroid dienone is 1. The first-order valence-corrected chi connectivity index (χ1v) is 14.1. The van der Waals surface area contributed by atoms with Crippen LogP contribution in [-0.4, -0.2) is 44.1 Å². The summed E-state index contributed by atoms with van der Waals surface area (Å²) in [5, 5.41) is 43.5. The van der Waals surface area contributed by atoms with Crippen molar-refractivity contribution in [3.05, 3.63) is 11.6 Å². The van der Waals surface area contributed by atoms with Crippen LogP contribution in [0.1, 0.15) is 99.3 Å². The van der Waals surface area contributed by atoms with E-state index < -0.39 is 40.4 Å². The molecule has 0 amide bonds. The zero-order valence-corrected chi connectivity index (χ0v) is 22.9. The number of carboxylic acids is 2. The highest BCUT2D eigenvalue weighted by molar-refractivity contribution is 5.77. The Morgan fingerprint density at radius 2 is 1.53 bits per heavy atom. The van der Waals surface area contributed by atoms with Crippen molar-refractivity contribution < 1.29 is 30.0 Å². The first-order chi connectivity index (χ1) is 16.5. The zero-order valence-electron chi connectivity index (χ0n) is 22.9. The predicted octanol–water partition coefficient (Wildman–Crippen LogP) is 5.27. The third kappa shape index (κ3) is 2.81. The van der Waals surface area contributed by atoms with E-state index in [-0.39, 0.29) is 34.0 Å². The summed E-state index contributed by atoms with van der Waals surface area (Å²) >= 11 is 0. The molecule has 0 spiro atoms. The van der Waals surface area contributed by atoms with E-state index in [4.69, 9.17) is 0 Å². The van der Waals surface area contributed by atoms with E-state index in [1.807, 2.05) is 6.92 Å². The van der Waals surface area contributed by atoms with Crippen LogP contribution < -0.4 is 0 Å². The molecule has 11 atom stereocenters. The van der Waals surface area contributed by atoms with Crippen LogP contribution in [-0.2, 0) is 9.59 Å². The van der Waals surface area contributed by atoms with E-state index in [2.05, 4.69) is 33.8 Å². The molecule has 0 aromatic heterocycles. The van der Waals surface area contributed by atoms with E-state index in [0.717, 1.165) is 44.1 Å². The molecular formula is C30H46O6. The molecule has 6 heteroatoms. The minimum atomic E-state index is -1.16. The van der Waals surface area contributed by atoms with Gasteiger partial charge in [-0.05, 0) is 106 Å². The molecule has 4 saturated carbocycles. The molecule has 36 heavy (non-hydrogen) atoms. The molecule has 0 heterocycles. The standard InChI is InChI=1S/C30H46O6/c1-17-9-14-30(24(34)35)16-15-26(3)18(22(30)29(17,6)36)7-8-19-25(2)12-11-21(31)28(5,23(32)33)20(25)10-13-27(19,26)4/h7,17,19-22,31,36H,8-16H2,1-6H3,(H,32,33)(H,34,35)/t17-,19+,20+,21+,22-,25-,26-,27-,28-,29-,30+/m1/s1. The van der Waals surface area contributed by atoms with Crippen molar-refractivity contribution in [2.75, 3.05) is 0 Å². The lowest BCUT2D eigenvalue weighted by Gasteiger charge is -2.71. The summed E-state index contributed by atoms with van der Waals surface area (Å²) in [5.74, 6) is -1.93. The van der Waals surface area contributed by atoms with Crippen molar-refractivity contribution in [2.45, 2.75) is 111 Å². The number of hydrogen-bond donors (Lipinski definition) is 4. The topological polar surface area (TPSA) is 115 Å². The number of rotatable bonds is 2. The Morgan fingerprint density at radius 1 is 0.861 bits per heavy atom. The Balaban J connectivity index is 1.64. The Morgan fingerprint density at radius 3 is 2.14 bits per heavy atom. The second-order valence-electron chi connectivity index (χ2n) is 14.5. The average molecular weight is 503 g/mol. The van der Waals surface area contributed by atoms with E-state index in [1.54, 1.807) is 6.92 Å². The second-order valence-corrected chi connectivity index (χ2v) is 14.5. The summed E-state index contributed by atoms with van der Waals surface area (Å²) in [6, 6.07) is 0. The van der Waals surface area contributed by atoms with Crippen molar-refractivity contribution in [3.63, 3.8) is 0 Å². The maximum Gasteiger partial charge on any atom is 0.312 e. The van der Waals surface area contributed by atoms with Crippen LogP contribution in [0.15, 0.2) is 11.6 Å². The van der Waals surface area contributed by atoms with Gasteiger partial charge in [-0.15, -0.1) is 0 Å². The van der Waals surface area contributed by atoms with Gasteiger partial charge >= 0.3 is 11.9 Å². The van der Waals surface area contributed by atoms with Crippen LogP contribution in [0.25, 0.3) is 0 Å². The van der Waals surface area contributed by atoms with Crippen molar-refractivity contribution in [2.24, 2.45) is 50.7 Å². The fourth-order valence-electron chi connectivity index (χ4n) is 10.8. The van der Waals surface area contributed by atoms with Gasteiger partial charge in [0.2, 0.25) is 0 Å². The average Bonchev–Trinajstić information content (AvgIpc) is 2.79. The predicted molar refractivity (Wildman–Crippen MR) is 136 cm³/mol. The lowest BCUT2D eigenvalue weighted by Crippen LogP contribution is -2.68. The normalized spacial score (nSPS) is 56.3. The smallest absolute Gasteiger partial charge is 0.312 e. The summed E-state index contributed by atoms with van der Waals surface area (Å²) in [6.45, 7) is 12.6. The highest BCUT2D eigenvalue weighted by atomic mass is 16.4. The highest BCUT2D eigenvalue weighted by Gasteiger charge is 2.72. The van der Waals surface area contributed by atoms with Gasteiger partial charge in [0.25, 0.3) is 0 Å². The van der Waals surface area contributed by atoms with Crippen molar-refractivity contribution >= 4 is 11.9 Å². The Kier molecular flexibility index (Phi) is 5.53. The van der Waals surface area contributed by atoms with Crippen molar-refractivity contribution in [3.8, 4) is 0 Å². The molecule has 0 aromatic rings. The Bertz CT molecular complexity index is 1020. The van der Waals surface area contributed by atoms with Crippen LogP contribution >= 0.6 is 0 Å². The molecule has 5 aliphatic carbocycles. The molecule has 0 aliphatic heterocycles. The van der Waals surface area contributed by atoms with Crippen molar-refractivity contribution in [1.82, 2.24) is 0 Å². The number of carbonyl (C=O) groups is 2. The number of hydrogen-bond acceptors (Lipinski definition) is 4. The highest BCUT2D eigenvalue weighted by Crippen LogP contribution is 2.76. The number of aliphatic hydroxyl groups excluding tert-OH is 1. The van der Waals surface area contributed by atoms with E-state index in [0.29, 0.717) is 19.3 Å². The second kappa shape index (κ2) is 7.59. The van der Waals surface area contributed by atoms with Crippen LogP contribution in [0.5, 0.6) is 0 Å². The van der Waals surface area contributed by atoms with E-state index in [9.17, 15) is 30.0 Å². The number of fused-ring (bicyclic) bond motifs is 7. The molecule has 202 valence electrons. The molecule has 5 rings (SSSR count). The number of aliphatic carboxylic acids is 2. The Hall–Kier alpha value is -1.40. The molecule has 4 N–H and O–H groups in total. The monoisotopic (exact) mass is 502 g/mol. The van der Waals surface area contributed by atoms with Crippen LogP contribution in [0, 0.1) is 50.7 Å². The summed E-state index contributed by atoms with van der Waals surface area (Å²) in [6.07, 6.45) is 7.77. The number of aliphatic hydroxyl groups is 2. The summed E-state index contributed by atoms with van der Waals surface area (Å²) in [4.78, 5) is 25.4. The Labute approximate surface area is 215 Å². The lowest BCUT2D eigenvalue weighted by molar-refractivity contribution is -0.224. The largest absolute Gasteiger partial charge is 0.481 e. The zero-order chi connectivity index (χ0) is 26.7. The van der Waals surface area contributed by atoms with Gasteiger partial charge in [-0.1, -0.05) is 39.3 Å². The molecule has 0 aromatic carbocycles. The summed E-state index contributed by atoms with van der Waals surface area (Å²) in [7, 11) is 0. The molecule has 0 unspecified atom stereocenters. The first kappa shape index (κ1) is 26.2. The van der Waals surface area contributed by atoms with Gasteiger partial charge in [0.15, 0.2) is 0 Å². The molecular weight excluding hydrogens is 456 g/mol. The van der Waals surface area contributed by atoms with Gasteiger partial charge in [-0.3, -0.25) is 9.59 Å². The molecule has 0 saturated heterocycles. The van der Waals surface area contributed by atoms with Gasteiger partial charge in [0, 0.05) is 5.92 Å². The summed E-state index contributed by atoms with van der Waals surface area (Å²) < 4.78 is 0.